The van der Waals surface area contributed by atoms with Crippen LogP contribution in [0.15, 0.2) is 36.5 Å². The Morgan fingerprint density at radius 1 is 1.07 bits per heavy atom. The average molecular weight is 397 g/mol. The van der Waals surface area contributed by atoms with E-state index in [0.29, 0.717) is 25.1 Å². The lowest BCUT2D eigenvalue weighted by Crippen LogP contribution is -2.31. The predicted octanol–water partition coefficient (Wildman–Crippen LogP) is 3.25. The molecule has 0 radical (unpaired) electrons. The van der Waals surface area contributed by atoms with Crippen LogP contribution < -0.4 is 0 Å². The number of carboxylic acid groups (broad SMARTS) is 1. The number of nitrogens with zero attached hydrogens (tertiary/aromatic N) is 3. The Kier molecular flexibility index (Phi) is 5.72. The number of rotatable bonds is 6. The second kappa shape index (κ2) is 8.22. The number of hydrogen-bond acceptors (Lipinski definition) is 5. The molecule has 1 aromatic carbocycles. The monoisotopic (exact) mass is 397 g/mol. The molecule has 3 rings (SSSR count). The summed E-state index contributed by atoms with van der Waals surface area (Å²) in [6.45, 7) is 4.45. The number of hydrogen-bond donors (Lipinski definition) is 2. The summed E-state index contributed by atoms with van der Waals surface area (Å²) in [4.78, 5) is 34.1. The van der Waals surface area contributed by atoms with E-state index in [-0.39, 0.29) is 22.4 Å². The molecule has 0 unspecified atom stereocenters. The van der Waals surface area contributed by atoms with Crippen molar-refractivity contribution in [1.29, 1.82) is 0 Å². The number of carboxylic acids is 1. The molecule has 3 aromatic rings. The molecular weight excluding hydrogens is 377 g/mol. The van der Waals surface area contributed by atoms with Crippen molar-refractivity contribution in [2.24, 2.45) is 0 Å². The van der Waals surface area contributed by atoms with Crippen molar-refractivity contribution in [3.8, 4) is 5.75 Å². The molecule has 29 heavy (non-hydrogen) atoms. The van der Waals surface area contributed by atoms with Gasteiger partial charge in [-0.3, -0.25) is 9.78 Å². The SMILES string of the molecule is CCN(CC)C(=O)c1nc(C(=O)O)c(O)c2ncc(Cc3ccc(F)cc3)cc12. The summed E-state index contributed by atoms with van der Waals surface area (Å²) in [7, 11) is 0. The van der Waals surface area contributed by atoms with E-state index in [9.17, 15) is 24.2 Å². The Morgan fingerprint density at radius 2 is 1.72 bits per heavy atom. The first-order chi connectivity index (χ1) is 13.8. The van der Waals surface area contributed by atoms with Gasteiger partial charge in [-0.25, -0.2) is 14.2 Å². The van der Waals surface area contributed by atoms with Gasteiger partial charge in [-0.05, 0) is 49.6 Å². The normalized spacial score (nSPS) is 10.9. The molecule has 2 N–H and O–H groups in total. The average Bonchev–Trinajstić information content (AvgIpc) is 2.70. The number of amides is 1. The van der Waals surface area contributed by atoms with Gasteiger partial charge >= 0.3 is 5.97 Å². The van der Waals surface area contributed by atoms with Crippen molar-refractivity contribution in [3.63, 3.8) is 0 Å². The van der Waals surface area contributed by atoms with Crippen LogP contribution >= 0.6 is 0 Å². The number of aromatic carboxylic acids is 1. The lowest BCUT2D eigenvalue weighted by Gasteiger charge is -2.19. The molecule has 8 heteroatoms. The van der Waals surface area contributed by atoms with Crippen LogP contribution in [0.2, 0.25) is 0 Å². The zero-order valence-corrected chi connectivity index (χ0v) is 16.0. The standard InChI is InChI=1S/C21H20FN3O4/c1-3-25(4-2)20(27)17-15-10-13(9-12-5-7-14(22)8-6-12)11-23-16(15)19(26)18(24-17)21(28)29/h5-8,10-11,26H,3-4,9H2,1-2H3,(H,28,29). The molecule has 0 atom stereocenters. The van der Waals surface area contributed by atoms with Gasteiger partial charge in [0, 0.05) is 24.7 Å². The first kappa shape index (κ1) is 20.2. The second-order valence-electron chi connectivity index (χ2n) is 6.48. The van der Waals surface area contributed by atoms with Gasteiger partial charge in [0.2, 0.25) is 0 Å². The molecule has 0 aliphatic heterocycles. The maximum Gasteiger partial charge on any atom is 0.358 e. The molecule has 0 saturated heterocycles. The third kappa shape index (κ3) is 4.01. The number of fused-ring (bicyclic) bond motifs is 1. The van der Waals surface area contributed by atoms with Crippen molar-refractivity contribution < 1.29 is 24.2 Å². The topological polar surface area (TPSA) is 104 Å². The number of pyridine rings is 2. The van der Waals surface area contributed by atoms with Crippen molar-refractivity contribution in [2.75, 3.05) is 13.1 Å². The maximum atomic E-state index is 13.1. The Hall–Kier alpha value is -3.55. The highest BCUT2D eigenvalue weighted by molar-refractivity contribution is 6.08. The third-order valence-electron chi connectivity index (χ3n) is 4.65. The van der Waals surface area contributed by atoms with E-state index in [0.717, 1.165) is 5.56 Å². The first-order valence-corrected chi connectivity index (χ1v) is 9.14. The zero-order chi connectivity index (χ0) is 21.1. The third-order valence-corrected chi connectivity index (χ3v) is 4.65. The minimum absolute atomic E-state index is 0.00392. The van der Waals surface area contributed by atoms with Gasteiger partial charge in [0.1, 0.15) is 17.0 Å². The Labute approximate surface area is 166 Å². The smallest absolute Gasteiger partial charge is 0.358 e. The fraction of sp³-hybridized carbons (Fsp3) is 0.238. The molecule has 7 nitrogen and oxygen atoms in total. The highest BCUT2D eigenvalue weighted by atomic mass is 19.1. The molecule has 0 aliphatic carbocycles. The molecule has 1 amide bonds. The van der Waals surface area contributed by atoms with E-state index in [4.69, 9.17) is 0 Å². The fourth-order valence-electron chi connectivity index (χ4n) is 3.12. The van der Waals surface area contributed by atoms with Crippen LogP contribution in [0.25, 0.3) is 10.9 Å². The van der Waals surface area contributed by atoms with E-state index in [1.165, 1.54) is 23.2 Å². The van der Waals surface area contributed by atoms with Crippen LogP contribution in [0.4, 0.5) is 4.39 Å². The van der Waals surface area contributed by atoms with Gasteiger partial charge in [0.25, 0.3) is 5.91 Å². The quantitative estimate of drug-likeness (QED) is 0.662. The van der Waals surface area contributed by atoms with Gasteiger partial charge in [0.05, 0.1) is 0 Å². The minimum Gasteiger partial charge on any atom is -0.504 e. The lowest BCUT2D eigenvalue weighted by molar-refractivity contribution is 0.0687. The minimum atomic E-state index is -1.45. The van der Waals surface area contributed by atoms with Crippen LogP contribution in [0.1, 0.15) is 46.0 Å². The van der Waals surface area contributed by atoms with Crippen molar-refractivity contribution in [2.45, 2.75) is 20.3 Å². The summed E-state index contributed by atoms with van der Waals surface area (Å²) < 4.78 is 13.1. The summed E-state index contributed by atoms with van der Waals surface area (Å²) >= 11 is 0. The predicted molar refractivity (Wildman–Crippen MR) is 105 cm³/mol. The molecule has 2 heterocycles. The van der Waals surface area contributed by atoms with E-state index < -0.39 is 23.3 Å². The largest absolute Gasteiger partial charge is 0.504 e. The van der Waals surface area contributed by atoms with Crippen LogP contribution in [-0.4, -0.2) is 50.0 Å². The number of aromatic nitrogens is 2. The van der Waals surface area contributed by atoms with E-state index >= 15 is 0 Å². The van der Waals surface area contributed by atoms with E-state index in [2.05, 4.69) is 9.97 Å². The second-order valence-corrected chi connectivity index (χ2v) is 6.48. The lowest BCUT2D eigenvalue weighted by atomic mass is 10.0. The van der Waals surface area contributed by atoms with Crippen LogP contribution in [0, 0.1) is 5.82 Å². The summed E-state index contributed by atoms with van der Waals surface area (Å²) in [5, 5.41) is 19.9. The number of halogens is 1. The van der Waals surface area contributed by atoms with Gasteiger partial charge in [-0.1, -0.05) is 12.1 Å². The molecule has 2 aromatic heterocycles. The molecule has 0 bridgehead atoms. The van der Waals surface area contributed by atoms with Crippen molar-refractivity contribution in [1.82, 2.24) is 14.9 Å². The summed E-state index contributed by atoms with van der Waals surface area (Å²) in [5.41, 5.74) is 0.848. The molecular formula is C21H20FN3O4. The van der Waals surface area contributed by atoms with Gasteiger partial charge in [-0.2, -0.15) is 0 Å². The van der Waals surface area contributed by atoms with Gasteiger partial charge < -0.3 is 15.1 Å². The first-order valence-electron chi connectivity index (χ1n) is 9.14. The van der Waals surface area contributed by atoms with Crippen molar-refractivity contribution in [3.05, 3.63) is 64.9 Å². The van der Waals surface area contributed by atoms with Crippen LogP contribution in [0.3, 0.4) is 0 Å². The summed E-state index contributed by atoms with van der Waals surface area (Å²) in [6.07, 6.45) is 1.91. The Bertz CT molecular complexity index is 1080. The summed E-state index contributed by atoms with van der Waals surface area (Å²) in [5.74, 6) is -2.82. The van der Waals surface area contributed by atoms with Crippen molar-refractivity contribution >= 4 is 22.8 Å². The molecule has 0 spiro atoms. The van der Waals surface area contributed by atoms with Gasteiger partial charge in [-0.15, -0.1) is 0 Å². The Balaban J connectivity index is 2.17. The van der Waals surface area contributed by atoms with Gasteiger partial charge in [0.15, 0.2) is 11.4 Å². The fourth-order valence-corrected chi connectivity index (χ4v) is 3.12. The molecule has 0 saturated carbocycles. The zero-order valence-electron chi connectivity index (χ0n) is 16.0. The molecule has 0 fully saturated rings. The number of carbonyl (C=O) groups excluding carboxylic acids is 1. The maximum absolute atomic E-state index is 13.1. The Morgan fingerprint density at radius 3 is 2.31 bits per heavy atom. The van der Waals surface area contributed by atoms with Crippen LogP contribution in [-0.2, 0) is 6.42 Å². The number of aromatic hydroxyl groups is 1. The summed E-state index contributed by atoms with van der Waals surface area (Å²) in [6, 6.07) is 7.65. The molecule has 0 aliphatic rings. The number of carbonyl (C=O) groups is 2. The highest BCUT2D eigenvalue weighted by Gasteiger charge is 2.25. The number of benzene rings is 1. The molecule has 150 valence electrons. The highest BCUT2D eigenvalue weighted by Crippen LogP contribution is 2.30. The van der Waals surface area contributed by atoms with E-state index in [1.54, 1.807) is 32.0 Å². The van der Waals surface area contributed by atoms with Crippen LogP contribution in [0.5, 0.6) is 5.75 Å². The van der Waals surface area contributed by atoms with E-state index in [1.807, 2.05) is 0 Å².